The van der Waals surface area contributed by atoms with Gasteiger partial charge in [0.25, 0.3) is 10.0 Å². The summed E-state index contributed by atoms with van der Waals surface area (Å²) in [6.07, 6.45) is 0.254. The number of carbonyl (C=O) groups excluding carboxylic acids is 1. The highest BCUT2D eigenvalue weighted by Gasteiger charge is 2.27. The Morgan fingerprint density at radius 1 is 1.45 bits per heavy atom. The maximum absolute atomic E-state index is 12.5. The number of rotatable bonds is 6. The summed E-state index contributed by atoms with van der Waals surface area (Å²) in [6.45, 7) is 3.67. The highest BCUT2D eigenvalue weighted by atomic mass is 32.2. The highest BCUT2D eigenvalue weighted by Crippen LogP contribution is 2.25. The van der Waals surface area contributed by atoms with Crippen LogP contribution in [0.25, 0.3) is 0 Å². The lowest BCUT2D eigenvalue weighted by Gasteiger charge is -2.25. The van der Waals surface area contributed by atoms with E-state index in [0.717, 1.165) is 4.88 Å². The molecule has 3 N–H and O–H groups in total. The van der Waals surface area contributed by atoms with Gasteiger partial charge in [-0.2, -0.15) is 4.31 Å². The highest BCUT2D eigenvalue weighted by molar-refractivity contribution is 7.91. The number of hydrogen-bond donors (Lipinski definition) is 2. The third-order valence-corrected chi connectivity index (χ3v) is 6.62. The van der Waals surface area contributed by atoms with Crippen LogP contribution >= 0.6 is 11.3 Å². The zero-order valence-electron chi connectivity index (χ0n) is 12.4. The lowest BCUT2D eigenvalue weighted by atomic mass is 10.2. The average Bonchev–Trinajstić information content (AvgIpc) is 2.95. The summed E-state index contributed by atoms with van der Waals surface area (Å²) in [5.41, 5.74) is 5.55. The number of amides is 1. The number of thiophene rings is 1. The molecule has 1 aliphatic rings. The van der Waals surface area contributed by atoms with Gasteiger partial charge in [0.2, 0.25) is 5.91 Å². The van der Waals surface area contributed by atoms with Gasteiger partial charge in [-0.3, -0.25) is 4.79 Å². The zero-order valence-corrected chi connectivity index (χ0v) is 14.1. The number of nitrogens with one attached hydrogen (secondary N) is 1. The molecule has 0 aromatic carbocycles. The lowest BCUT2D eigenvalue weighted by molar-refractivity contribution is -0.121. The summed E-state index contributed by atoms with van der Waals surface area (Å²) in [6, 6.07) is 3.12. The molecule has 0 saturated carbocycles. The van der Waals surface area contributed by atoms with Gasteiger partial charge >= 0.3 is 0 Å². The first-order valence-corrected chi connectivity index (χ1v) is 9.34. The summed E-state index contributed by atoms with van der Waals surface area (Å²) in [5, 5.41) is 2.74. The number of sulfonamides is 1. The van der Waals surface area contributed by atoms with Gasteiger partial charge in [0.1, 0.15) is 4.21 Å². The van der Waals surface area contributed by atoms with Crippen LogP contribution in [0.2, 0.25) is 0 Å². The lowest BCUT2D eigenvalue weighted by Crippen LogP contribution is -2.40. The van der Waals surface area contributed by atoms with Crippen LogP contribution < -0.4 is 11.1 Å². The van der Waals surface area contributed by atoms with E-state index in [2.05, 4.69) is 5.32 Å². The SMILES string of the molecule is CC(N)CC(=O)NCc1ccc(S(=O)(=O)N2CCOCC2)s1. The van der Waals surface area contributed by atoms with Crippen LogP contribution in [0, 0.1) is 0 Å². The molecule has 1 fully saturated rings. The van der Waals surface area contributed by atoms with Crippen molar-refractivity contribution in [3.63, 3.8) is 0 Å². The van der Waals surface area contributed by atoms with E-state index in [1.54, 1.807) is 19.1 Å². The van der Waals surface area contributed by atoms with E-state index in [9.17, 15) is 13.2 Å². The number of nitrogens with zero attached hydrogens (tertiary/aromatic N) is 1. The molecule has 0 radical (unpaired) electrons. The minimum Gasteiger partial charge on any atom is -0.379 e. The average molecular weight is 347 g/mol. The molecule has 1 aromatic rings. The molecule has 0 spiro atoms. The molecule has 2 rings (SSSR count). The summed E-state index contributed by atoms with van der Waals surface area (Å²) in [4.78, 5) is 12.3. The third-order valence-electron chi connectivity index (χ3n) is 3.17. The number of ether oxygens (including phenoxy) is 1. The Labute approximate surface area is 134 Å². The number of morpholine rings is 1. The summed E-state index contributed by atoms with van der Waals surface area (Å²) in [7, 11) is -3.46. The summed E-state index contributed by atoms with van der Waals surface area (Å²) >= 11 is 1.18. The molecule has 1 atom stereocenters. The molecular weight excluding hydrogens is 326 g/mol. The van der Waals surface area contributed by atoms with Crippen LogP contribution in [0.15, 0.2) is 16.3 Å². The molecule has 7 nitrogen and oxygen atoms in total. The summed E-state index contributed by atoms with van der Waals surface area (Å²) in [5.74, 6) is -0.138. The molecular formula is C13H21N3O4S2. The minimum absolute atomic E-state index is 0.138. The van der Waals surface area contributed by atoms with Crippen LogP contribution in [-0.2, 0) is 26.1 Å². The number of nitrogens with two attached hydrogens (primary N) is 1. The van der Waals surface area contributed by atoms with E-state index < -0.39 is 10.0 Å². The fourth-order valence-electron chi connectivity index (χ4n) is 2.06. The van der Waals surface area contributed by atoms with Crippen molar-refractivity contribution in [2.24, 2.45) is 5.73 Å². The predicted octanol–water partition coefficient (Wildman–Crippen LogP) is 0.123. The van der Waals surface area contributed by atoms with Crippen molar-refractivity contribution in [3.05, 3.63) is 17.0 Å². The number of carbonyl (C=O) groups is 1. The molecule has 1 aliphatic heterocycles. The maximum Gasteiger partial charge on any atom is 0.252 e. The fourth-order valence-corrected chi connectivity index (χ4v) is 4.91. The monoisotopic (exact) mass is 347 g/mol. The predicted molar refractivity (Wildman–Crippen MR) is 84.0 cm³/mol. The van der Waals surface area contributed by atoms with Gasteiger partial charge in [0.15, 0.2) is 0 Å². The molecule has 9 heteroatoms. The Hall–Kier alpha value is -1.00. The maximum atomic E-state index is 12.5. The standard InChI is InChI=1S/C13H21N3O4S2/c1-10(14)8-12(17)15-9-11-2-3-13(21-11)22(18,19)16-4-6-20-7-5-16/h2-3,10H,4-9,14H2,1H3,(H,15,17). The Balaban J connectivity index is 1.97. The zero-order chi connectivity index (χ0) is 16.2. The topological polar surface area (TPSA) is 102 Å². The minimum atomic E-state index is -3.46. The van der Waals surface area contributed by atoms with Crippen LogP contribution in [-0.4, -0.2) is 51.0 Å². The Kier molecular flexibility index (Phi) is 5.93. The van der Waals surface area contributed by atoms with E-state index in [1.165, 1.54) is 15.6 Å². The fraction of sp³-hybridized carbons (Fsp3) is 0.615. The van der Waals surface area contributed by atoms with Crippen LogP contribution in [0.3, 0.4) is 0 Å². The van der Waals surface area contributed by atoms with Gasteiger partial charge in [-0.1, -0.05) is 0 Å². The smallest absolute Gasteiger partial charge is 0.252 e. The van der Waals surface area contributed by atoms with Crippen LogP contribution in [0.5, 0.6) is 0 Å². The first kappa shape index (κ1) is 17.4. The molecule has 0 aliphatic carbocycles. The first-order valence-electron chi connectivity index (χ1n) is 7.08. The van der Waals surface area contributed by atoms with Crippen molar-refractivity contribution in [3.8, 4) is 0 Å². The molecule has 0 bridgehead atoms. The van der Waals surface area contributed by atoms with Crippen molar-refractivity contribution in [2.45, 2.75) is 30.1 Å². The molecule has 1 aromatic heterocycles. The van der Waals surface area contributed by atoms with E-state index >= 15 is 0 Å². The van der Waals surface area contributed by atoms with Gasteiger partial charge in [-0.15, -0.1) is 11.3 Å². The molecule has 1 amide bonds. The van der Waals surface area contributed by atoms with Crippen molar-refractivity contribution < 1.29 is 17.9 Å². The third kappa shape index (κ3) is 4.50. The van der Waals surface area contributed by atoms with E-state index in [0.29, 0.717) is 37.1 Å². The molecule has 2 heterocycles. The molecule has 22 heavy (non-hydrogen) atoms. The van der Waals surface area contributed by atoms with E-state index in [-0.39, 0.29) is 18.4 Å². The van der Waals surface area contributed by atoms with Gasteiger partial charge < -0.3 is 15.8 Å². The van der Waals surface area contributed by atoms with Gasteiger partial charge in [0, 0.05) is 30.4 Å². The number of hydrogen-bond acceptors (Lipinski definition) is 6. The van der Waals surface area contributed by atoms with E-state index in [4.69, 9.17) is 10.5 Å². The van der Waals surface area contributed by atoms with Crippen molar-refractivity contribution >= 4 is 27.3 Å². The second kappa shape index (κ2) is 7.51. The van der Waals surface area contributed by atoms with Gasteiger partial charge in [-0.05, 0) is 19.1 Å². The van der Waals surface area contributed by atoms with Gasteiger partial charge in [0.05, 0.1) is 19.8 Å². The summed E-state index contributed by atoms with van der Waals surface area (Å²) < 4.78 is 31.8. The van der Waals surface area contributed by atoms with Gasteiger partial charge in [-0.25, -0.2) is 8.42 Å². The second-order valence-electron chi connectivity index (χ2n) is 5.20. The van der Waals surface area contributed by atoms with E-state index in [1.807, 2.05) is 0 Å². The largest absolute Gasteiger partial charge is 0.379 e. The molecule has 1 unspecified atom stereocenters. The Bertz CT molecular complexity index is 607. The molecule has 1 saturated heterocycles. The van der Waals surface area contributed by atoms with Crippen molar-refractivity contribution in [1.82, 2.24) is 9.62 Å². The Morgan fingerprint density at radius 2 is 2.14 bits per heavy atom. The Morgan fingerprint density at radius 3 is 2.77 bits per heavy atom. The quantitative estimate of drug-likeness (QED) is 0.761. The van der Waals surface area contributed by atoms with Crippen LogP contribution in [0.1, 0.15) is 18.2 Å². The first-order chi connectivity index (χ1) is 10.4. The van der Waals surface area contributed by atoms with Crippen molar-refractivity contribution in [2.75, 3.05) is 26.3 Å². The van der Waals surface area contributed by atoms with Crippen LogP contribution in [0.4, 0.5) is 0 Å². The normalized spacial score (nSPS) is 18.1. The second-order valence-corrected chi connectivity index (χ2v) is 8.53. The van der Waals surface area contributed by atoms with Crippen molar-refractivity contribution in [1.29, 1.82) is 0 Å². The molecule has 124 valence electrons.